The number of anilines is 2. The van der Waals surface area contributed by atoms with Gasteiger partial charge in [-0.2, -0.15) is 0 Å². The summed E-state index contributed by atoms with van der Waals surface area (Å²) in [5.74, 6) is -0.171. The van der Waals surface area contributed by atoms with E-state index in [1.165, 1.54) is 0 Å². The molecule has 20 heavy (non-hydrogen) atoms. The molecule has 0 saturated heterocycles. The summed E-state index contributed by atoms with van der Waals surface area (Å²) in [5, 5.41) is 6.90. The Kier molecular flexibility index (Phi) is 4.34. The minimum Gasteiger partial charge on any atom is -0.398 e. The number of aryl methyl sites for hydroxylation is 3. The predicted octanol–water partition coefficient (Wildman–Crippen LogP) is 2.94. The molecule has 3 N–H and O–H groups in total. The molecular weight excluding hydrogens is 272 g/mol. The first kappa shape index (κ1) is 14.5. The van der Waals surface area contributed by atoms with Gasteiger partial charge in [0.25, 0.3) is 5.91 Å². The van der Waals surface area contributed by atoms with E-state index in [4.69, 9.17) is 5.73 Å². The van der Waals surface area contributed by atoms with Gasteiger partial charge in [0.05, 0.1) is 5.69 Å². The molecule has 1 heterocycles. The van der Waals surface area contributed by atoms with Crippen LogP contribution in [0.1, 0.15) is 39.8 Å². The summed E-state index contributed by atoms with van der Waals surface area (Å²) >= 11 is 1.13. The number of rotatable bonds is 4. The molecule has 0 radical (unpaired) electrons. The van der Waals surface area contributed by atoms with Crippen molar-refractivity contribution in [3.8, 4) is 0 Å². The number of carbonyl (C=O) groups is 1. The Balaban J connectivity index is 2.23. The lowest BCUT2D eigenvalue weighted by Crippen LogP contribution is -2.14. The van der Waals surface area contributed by atoms with Crippen molar-refractivity contribution in [2.45, 2.75) is 33.6 Å². The lowest BCUT2D eigenvalue weighted by atomic mass is 10.1. The molecule has 106 valence electrons. The maximum Gasteiger partial charge on any atom is 0.269 e. The van der Waals surface area contributed by atoms with Crippen LogP contribution in [-0.4, -0.2) is 15.5 Å². The molecule has 0 aliphatic rings. The topological polar surface area (TPSA) is 80.9 Å². The van der Waals surface area contributed by atoms with E-state index in [-0.39, 0.29) is 5.91 Å². The molecule has 2 rings (SSSR count). The molecule has 0 aliphatic heterocycles. The molecular formula is C14H18N4OS. The van der Waals surface area contributed by atoms with Gasteiger partial charge in [0.15, 0.2) is 0 Å². The molecule has 5 nitrogen and oxygen atoms in total. The summed E-state index contributed by atoms with van der Waals surface area (Å²) in [6.45, 7) is 5.94. The van der Waals surface area contributed by atoms with E-state index in [0.717, 1.165) is 46.9 Å². The minimum atomic E-state index is -0.171. The molecule has 0 atom stereocenters. The fourth-order valence-electron chi connectivity index (χ4n) is 1.96. The summed E-state index contributed by atoms with van der Waals surface area (Å²) in [7, 11) is 0. The zero-order valence-electron chi connectivity index (χ0n) is 11.9. The highest BCUT2D eigenvalue weighted by molar-refractivity contribution is 7.08. The summed E-state index contributed by atoms with van der Waals surface area (Å²) < 4.78 is 3.86. The van der Waals surface area contributed by atoms with Crippen molar-refractivity contribution in [3.05, 3.63) is 33.8 Å². The number of nitrogens with two attached hydrogens (primary N) is 1. The zero-order valence-corrected chi connectivity index (χ0v) is 12.7. The van der Waals surface area contributed by atoms with Crippen molar-refractivity contribution in [1.29, 1.82) is 0 Å². The van der Waals surface area contributed by atoms with E-state index < -0.39 is 0 Å². The fraction of sp³-hybridized carbons (Fsp3) is 0.357. The largest absolute Gasteiger partial charge is 0.398 e. The number of nitrogens with zero attached hydrogens (tertiary/aromatic N) is 2. The highest BCUT2D eigenvalue weighted by atomic mass is 32.1. The van der Waals surface area contributed by atoms with Gasteiger partial charge in [-0.3, -0.25) is 4.79 Å². The molecule has 1 aromatic heterocycles. The number of benzene rings is 1. The Morgan fingerprint density at radius 3 is 2.80 bits per heavy atom. The van der Waals surface area contributed by atoms with Crippen molar-refractivity contribution >= 4 is 28.8 Å². The van der Waals surface area contributed by atoms with Crippen LogP contribution < -0.4 is 11.1 Å². The number of hydrogen-bond donors (Lipinski definition) is 2. The van der Waals surface area contributed by atoms with Crippen LogP contribution in [0.2, 0.25) is 0 Å². The number of aromatic nitrogens is 2. The molecule has 0 unspecified atom stereocenters. The molecule has 0 fully saturated rings. The van der Waals surface area contributed by atoms with Crippen molar-refractivity contribution < 1.29 is 4.79 Å². The first-order valence-corrected chi connectivity index (χ1v) is 7.29. The van der Waals surface area contributed by atoms with Crippen LogP contribution in [0.15, 0.2) is 12.1 Å². The van der Waals surface area contributed by atoms with E-state index in [2.05, 4.69) is 14.9 Å². The normalized spacial score (nSPS) is 10.6. The molecule has 1 amide bonds. The van der Waals surface area contributed by atoms with Gasteiger partial charge >= 0.3 is 0 Å². The highest BCUT2D eigenvalue weighted by Crippen LogP contribution is 2.23. The van der Waals surface area contributed by atoms with Gasteiger partial charge in [-0.1, -0.05) is 23.9 Å². The first-order chi connectivity index (χ1) is 9.52. The lowest BCUT2D eigenvalue weighted by Gasteiger charge is -2.10. The van der Waals surface area contributed by atoms with Gasteiger partial charge < -0.3 is 11.1 Å². The van der Waals surface area contributed by atoms with E-state index in [0.29, 0.717) is 10.6 Å². The van der Waals surface area contributed by atoms with Crippen LogP contribution in [0.25, 0.3) is 0 Å². The maximum absolute atomic E-state index is 12.3. The van der Waals surface area contributed by atoms with E-state index >= 15 is 0 Å². The Bertz CT molecular complexity index is 636. The molecule has 0 saturated carbocycles. The maximum atomic E-state index is 12.3. The molecule has 0 bridgehead atoms. The van der Waals surface area contributed by atoms with Gasteiger partial charge in [0.1, 0.15) is 4.88 Å². The summed E-state index contributed by atoms with van der Waals surface area (Å²) in [4.78, 5) is 12.9. The second-order valence-corrected chi connectivity index (χ2v) is 5.53. The Labute approximate surface area is 122 Å². The quantitative estimate of drug-likeness (QED) is 0.848. The van der Waals surface area contributed by atoms with Crippen molar-refractivity contribution in [3.63, 3.8) is 0 Å². The number of hydrogen-bond acceptors (Lipinski definition) is 5. The summed E-state index contributed by atoms with van der Waals surface area (Å²) in [6, 6.07) is 3.75. The van der Waals surface area contributed by atoms with Crippen LogP contribution >= 0.6 is 11.5 Å². The Hall–Kier alpha value is -1.95. The van der Waals surface area contributed by atoms with Gasteiger partial charge in [-0.05, 0) is 49.0 Å². The third kappa shape index (κ3) is 2.96. The number of nitrogens with one attached hydrogen (secondary N) is 1. The van der Waals surface area contributed by atoms with Crippen molar-refractivity contribution in [2.75, 3.05) is 11.1 Å². The van der Waals surface area contributed by atoms with Gasteiger partial charge in [0, 0.05) is 11.4 Å². The average molecular weight is 290 g/mol. The molecule has 1 aromatic carbocycles. The van der Waals surface area contributed by atoms with Crippen LogP contribution in [0.4, 0.5) is 11.4 Å². The van der Waals surface area contributed by atoms with Crippen LogP contribution in [0, 0.1) is 13.8 Å². The van der Waals surface area contributed by atoms with Crippen LogP contribution in [0.3, 0.4) is 0 Å². The van der Waals surface area contributed by atoms with Crippen LogP contribution in [-0.2, 0) is 6.42 Å². The standard InChI is InChI=1S/C14H18N4OS/c1-4-5-11-13(20-18-17-11)14(19)16-12-7-10(15)8(2)6-9(12)3/h6-7H,4-5,15H2,1-3H3,(H,16,19). The number of nitrogen functional groups attached to an aromatic ring is 1. The van der Waals surface area contributed by atoms with Gasteiger partial charge in [0.2, 0.25) is 0 Å². The minimum absolute atomic E-state index is 0.171. The molecule has 6 heteroatoms. The third-order valence-electron chi connectivity index (χ3n) is 3.11. The molecule has 2 aromatic rings. The predicted molar refractivity (Wildman–Crippen MR) is 82.2 cm³/mol. The average Bonchev–Trinajstić information content (AvgIpc) is 2.84. The highest BCUT2D eigenvalue weighted by Gasteiger charge is 2.16. The second-order valence-electron chi connectivity index (χ2n) is 4.78. The van der Waals surface area contributed by atoms with Crippen molar-refractivity contribution in [2.24, 2.45) is 0 Å². The van der Waals surface area contributed by atoms with Crippen molar-refractivity contribution in [1.82, 2.24) is 9.59 Å². The summed E-state index contributed by atoms with van der Waals surface area (Å²) in [6.07, 6.45) is 1.69. The summed E-state index contributed by atoms with van der Waals surface area (Å²) in [5.41, 5.74) is 10.0. The SMILES string of the molecule is CCCc1nnsc1C(=O)Nc1cc(N)c(C)cc1C. The van der Waals surface area contributed by atoms with Crippen LogP contribution in [0.5, 0.6) is 0 Å². The Morgan fingerprint density at radius 1 is 1.35 bits per heavy atom. The van der Waals surface area contributed by atoms with Gasteiger partial charge in [-0.25, -0.2) is 0 Å². The third-order valence-corrected chi connectivity index (χ3v) is 3.88. The lowest BCUT2D eigenvalue weighted by molar-refractivity contribution is 0.102. The smallest absolute Gasteiger partial charge is 0.269 e. The Morgan fingerprint density at radius 2 is 2.10 bits per heavy atom. The van der Waals surface area contributed by atoms with E-state index in [1.54, 1.807) is 6.07 Å². The molecule has 0 aliphatic carbocycles. The number of amides is 1. The fourth-order valence-corrected chi connectivity index (χ4v) is 2.57. The number of carbonyl (C=O) groups excluding carboxylic acids is 1. The van der Waals surface area contributed by atoms with E-state index in [9.17, 15) is 4.79 Å². The monoisotopic (exact) mass is 290 g/mol. The molecule has 0 spiro atoms. The first-order valence-electron chi connectivity index (χ1n) is 6.52. The van der Waals surface area contributed by atoms with Gasteiger partial charge in [-0.15, -0.1) is 5.10 Å². The second kappa shape index (κ2) is 6.00. The van der Waals surface area contributed by atoms with E-state index in [1.807, 2.05) is 26.8 Å². The zero-order chi connectivity index (χ0) is 14.7.